The first-order valence-corrected chi connectivity index (χ1v) is 13.8. The zero-order valence-corrected chi connectivity index (χ0v) is 23.2. The lowest BCUT2D eigenvalue weighted by atomic mass is 9.87. The first kappa shape index (κ1) is 28.1. The van der Waals surface area contributed by atoms with Crippen LogP contribution in [0.15, 0.2) is 115 Å². The van der Waals surface area contributed by atoms with Gasteiger partial charge < -0.3 is 10.2 Å². The normalized spacial score (nSPS) is 11.8. The Labute approximate surface area is 236 Å². The van der Waals surface area contributed by atoms with Gasteiger partial charge in [0.1, 0.15) is 6.04 Å². The van der Waals surface area contributed by atoms with Crippen molar-refractivity contribution in [1.82, 2.24) is 10.2 Å². The molecule has 4 rings (SSSR count). The molecule has 0 aliphatic carbocycles. The number of carbonyl (C=O) groups is 2. The molecule has 0 saturated carbocycles. The van der Waals surface area contributed by atoms with E-state index in [4.69, 9.17) is 11.6 Å². The van der Waals surface area contributed by atoms with E-state index in [0.717, 1.165) is 22.3 Å². The second kappa shape index (κ2) is 13.8. The Morgan fingerprint density at radius 3 is 1.79 bits per heavy atom. The summed E-state index contributed by atoms with van der Waals surface area (Å²) >= 11 is 6.56. The molecule has 0 aromatic heterocycles. The summed E-state index contributed by atoms with van der Waals surface area (Å²) in [5, 5.41) is 3.62. The van der Waals surface area contributed by atoms with E-state index in [0.29, 0.717) is 11.4 Å². The molecule has 4 nitrogen and oxygen atoms in total. The van der Waals surface area contributed by atoms with Crippen LogP contribution in [0.2, 0.25) is 5.02 Å². The number of halogens is 1. The van der Waals surface area contributed by atoms with Gasteiger partial charge in [-0.05, 0) is 42.2 Å². The van der Waals surface area contributed by atoms with Crippen molar-refractivity contribution >= 4 is 23.4 Å². The molecule has 39 heavy (non-hydrogen) atoms. The fourth-order valence-electron chi connectivity index (χ4n) is 4.84. The van der Waals surface area contributed by atoms with Crippen LogP contribution < -0.4 is 5.32 Å². The number of nitrogens with one attached hydrogen (secondary N) is 1. The molecule has 4 aromatic carbocycles. The van der Waals surface area contributed by atoms with Crippen molar-refractivity contribution in [2.75, 3.05) is 0 Å². The van der Waals surface area contributed by atoms with Gasteiger partial charge in [0, 0.05) is 36.4 Å². The molecule has 0 aliphatic rings. The lowest BCUT2D eigenvalue weighted by Crippen LogP contribution is -2.52. The second-order valence-corrected chi connectivity index (χ2v) is 10.5. The lowest BCUT2D eigenvalue weighted by molar-refractivity contribution is -0.141. The van der Waals surface area contributed by atoms with Gasteiger partial charge in [0.15, 0.2) is 0 Å². The van der Waals surface area contributed by atoms with Crippen LogP contribution in [0.4, 0.5) is 0 Å². The maximum absolute atomic E-state index is 14.3. The van der Waals surface area contributed by atoms with Crippen LogP contribution in [-0.2, 0) is 22.6 Å². The number of carbonyl (C=O) groups excluding carboxylic acids is 2. The molecule has 5 heteroatoms. The first-order valence-electron chi connectivity index (χ1n) is 13.4. The van der Waals surface area contributed by atoms with Crippen LogP contribution in [0.25, 0.3) is 0 Å². The standard InChI is InChI=1S/C34H35ClN2O2/c1-25(2)36-34(39)32(22-26-14-6-3-7-15-26)37(24-29-20-12-13-21-31(29)35)33(38)23-30(27-16-8-4-9-17-27)28-18-10-5-11-19-28/h3-21,25,30,32H,22-24H2,1-2H3,(H,36,39)/t32-/m1/s1. The summed E-state index contributed by atoms with van der Waals surface area (Å²) in [6, 6.07) is 36.7. The summed E-state index contributed by atoms with van der Waals surface area (Å²) in [5.41, 5.74) is 3.90. The molecule has 4 aromatic rings. The Morgan fingerprint density at radius 2 is 1.26 bits per heavy atom. The van der Waals surface area contributed by atoms with Gasteiger partial charge in [0.2, 0.25) is 11.8 Å². The van der Waals surface area contributed by atoms with E-state index in [9.17, 15) is 9.59 Å². The molecule has 0 bridgehead atoms. The third-order valence-electron chi connectivity index (χ3n) is 6.78. The second-order valence-electron chi connectivity index (χ2n) is 10.1. The van der Waals surface area contributed by atoms with E-state index in [1.54, 1.807) is 4.90 Å². The highest BCUT2D eigenvalue weighted by Gasteiger charge is 2.32. The van der Waals surface area contributed by atoms with Crippen molar-refractivity contribution in [1.29, 1.82) is 0 Å². The largest absolute Gasteiger partial charge is 0.352 e. The minimum atomic E-state index is -0.703. The maximum Gasteiger partial charge on any atom is 0.243 e. The van der Waals surface area contributed by atoms with Gasteiger partial charge in [-0.25, -0.2) is 0 Å². The van der Waals surface area contributed by atoms with Gasteiger partial charge in [-0.1, -0.05) is 121 Å². The number of amides is 2. The van der Waals surface area contributed by atoms with Crippen molar-refractivity contribution in [3.63, 3.8) is 0 Å². The topological polar surface area (TPSA) is 49.4 Å². The van der Waals surface area contributed by atoms with E-state index in [2.05, 4.69) is 29.6 Å². The fourth-order valence-corrected chi connectivity index (χ4v) is 5.03. The number of hydrogen-bond acceptors (Lipinski definition) is 2. The molecule has 0 spiro atoms. The molecule has 200 valence electrons. The SMILES string of the molecule is CC(C)NC(=O)[C@@H](Cc1ccccc1)N(Cc1ccccc1Cl)C(=O)CC(c1ccccc1)c1ccccc1. The summed E-state index contributed by atoms with van der Waals surface area (Å²) in [6.07, 6.45) is 0.621. The predicted octanol–water partition coefficient (Wildman–Crippen LogP) is 7.03. The average Bonchev–Trinajstić information content (AvgIpc) is 2.95. The van der Waals surface area contributed by atoms with E-state index in [-0.39, 0.29) is 36.7 Å². The Bertz CT molecular complexity index is 1300. The van der Waals surface area contributed by atoms with Crippen molar-refractivity contribution in [2.24, 2.45) is 0 Å². The summed E-state index contributed by atoms with van der Waals surface area (Å²) < 4.78 is 0. The summed E-state index contributed by atoms with van der Waals surface area (Å²) in [7, 11) is 0. The number of hydrogen-bond donors (Lipinski definition) is 1. The summed E-state index contributed by atoms with van der Waals surface area (Å²) in [4.78, 5) is 29.7. The van der Waals surface area contributed by atoms with Gasteiger partial charge in [0.05, 0.1) is 0 Å². The molecule has 0 unspecified atom stereocenters. The molecular formula is C34H35ClN2O2. The van der Waals surface area contributed by atoms with E-state index in [1.165, 1.54) is 0 Å². The van der Waals surface area contributed by atoms with Crippen molar-refractivity contribution in [3.05, 3.63) is 143 Å². The molecular weight excluding hydrogens is 504 g/mol. The highest BCUT2D eigenvalue weighted by molar-refractivity contribution is 6.31. The minimum absolute atomic E-state index is 0.0607. The quantitative estimate of drug-likeness (QED) is 0.223. The van der Waals surface area contributed by atoms with Crippen LogP contribution in [0, 0.1) is 0 Å². The van der Waals surface area contributed by atoms with Gasteiger partial charge >= 0.3 is 0 Å². The zero-order valence-electron chi connectivity index (χ0n) is 22.5. The molecule has 1 atom stereocenters. The molecule has 0 aliphatic heterocycles. The predicted molar refractivity (Wildman–Crippen MR) is 159 cm³/mol. The van der Waals surface area contributed by atoms with Crippen molar-refractivity contribution < 1.29 is 9.59 Å². The van der Waals surface area contributed by atoms with Gasteiger partial charge in [-0.15, -0.1) is 0 Å². The fraction of sp³-hybridized carbons (Fsp3) is 0.235. The zero-order chi connectivity index (χ0) is 27.6. The average molecular weight is 539 g/mol. The van der Waals surface area contributed by atoms with E-state index < -0.39 is 6.04 Å². The molecule has 2 amide bonds. The van der Waals surface area contributed by atoms with Crippen LogP contribution in [-0.4, -0.2) is 28.8 Å². The monoisotopic (exact) mass is 538 g/mol. The number of benzene rings is 4. The molecule has 0 radical (unpaired) electrons. The molecule has 0 heterocycles. The Kier molecular flexibility index (Phi) is 9.93. The van der Waals surface area contributed by atoms with Crippen molar-refractivity contribution in [3.8, 4) is 0 Å². The van der Waals surface area contributed by atoms with E-state index >= 15 is 0 Å². The van der Waals surface area contributed by atoms with Crippen LogP contribution in [0.1, 0.15) is 48.4 Å². The van der Waals surface area contributed by atoms with Crippen LogP contribution in [0.3, 0.4) is 0 Å². The van der Waals surface area contributed by atoms with E-state index in [1.807, 2.05) is 105 Å². The molecule has 0 fully saturated rings. The lowest BCUT2D eigenvalue weighted by Gasteiger charge is -2.33. The Balaban J connectivity index is 1.74. The number of nitrogens with zero attached hydrogens (tertiary/aromatic N) is 1. The molecule has 0 saturated heterocycles. The first-order chi connectivity index (χ1) is 18.9. The Morgan fingerprint density at radius 1 is 0.744 bits per heavy atom. The summed E-state index contributed by atoms with van der Waals surface area (Å²) in [6.45, 7) is 4.09. The number of rotatable bonds is 11. The van der Waals surface area contributed by atoms with Gasteiger partial charge in [-0.3, -0.25) is 9.59 Å². The third-order valence-corrected chi connectivity index (χ3v) is 7.15. The maximum atomic E-state index is 14.3. The third kappa shape index (κ3) is 7.81. The van der Waals surface area contributed by atoms with Crippen LogP contribution >= 0.6 is 11.6 Å². The molecule has 1 N–H and O–H groups in total. The minimum Gasteiger partial charge on any atom is -0.352 e. The Hall–Kier alpha value is -3.89. The highest BCUT2D eigenvalue weighted by Crippen LogP contribution is 2.30. The van der Waals surface area contributed by atoms with Gasteiger partial charge in [-0.2, -0.15) is 0 Å². The van der Waals surface area contributed by atoms with Gasteiger partial charge in [0.25, 0.3) is 0 Å². The highest BCUT2D eigenvalue weighted by atomic mass is 35.5. The smallest absolute Gasteiger partial charge is 0.243 e. The van der Waals surface area contributed by atoms with Crippen molar-refractivity contribution in [2.45, 2.75) is 51.2 Å². The summed E-state index contributed by atoms with van der Waals surface area (Å²) in [5.74, 6) is -0.433. The van der Waals surface area contributed by atoms with Crippen LogP contribution in [0.5, 0.6) is 0 Å².